The Bertz CT molecular complexity index is 682. The Morgan fingerprint density at radius 2 is 2.30 bits per heavy atom. The minimum absolute atomic E-state index is 0.0913. The first kappa shape index (κ1) is 11.5. The Labute approximate surface area is 114 Å². The molecule has 0 saturated carbocycles. The van der Waals surface area contributed by atoms with E-state index >= 15 is 0 Å². The van der Waals surface area contributed by atoms with Crippen molar-refractivity contribution in [3.63, 3.8) is 0 Å². The number of ether oxygens (including phenoxy) is 1. The molecule has 20 heavy (non-hydrogen) atoms. The minimum atomic E-state index is -1.01. The van der Waals surface area contributed by atoms with E-state index in [4.69, 9.17) is 4.74 Å². The molecule has 1 fully saturated rings. The second-order valence-electron chi connectivity index (χ2n) is 5.02. The van der Waals surface area contributed by atoms with Crippen molar-refractivity contribution in [2.24, 2.45) is 0 Å². The largest absolute Gasteiger partial charge is 0.476 e. The van der Waals surface area contributed by atoms with E-state index in [-0.39, 0.29) is 17.9 Å². The lowest BCUT2D eigenvalue weighted by Gasteiger charge is -2.21. The van der Waals surface area contributed by atoms with Gasteiger partial charge in [-0.25, -0.2) is 14.5 Å². The lowest BCUT2D eigenvalue weighted by Crippen LogP contribution is -2.20. The average Bonchev–Trinajstić information content (AvgIpc) is 3.03. The van der Waals surface area contributed by atoms with Crippen molar-refractivity contribution in [1.82, 2.24) is 19.7 Å². The molecule has 4 rings (SSSR count). The molecular formula is C13H12N4O3. The number of nitrogens with zero attached hydrogens (tertiary/aromatic N) is 4. The van der Waals surface area contributed by atoms with Crippen LogP contribution in [0.15, 0.2) is 18.6 Å². The smallest absolute Gasteiger partial charge is 0.356 e. The highest BCUT2D eigenvalue weighted by Gasteiger charge is 2.40. The Morgan fingerprint density at radius 3 is 3.05 bits per heavy atom. The highest BCUT2D eigenvalue weighted by atomic mass is 16.5. The van der Waals surface area contributed by atoms with E-state index in [9.17, 15) is 9.90 Å². The summed E-state index contributed by atoms with van der Waals surface area (Å²) in [6.45, 7) is 0. The van der Waals surface area contributed by atoms with Gasteiger partial charge in [0.25, 0.3) is 0 Å². The van der Waals surface area contributed by atoms with E-state index in [0.29, 0.717) is 12.2 Å². The van der Waals surface area contributed by atoms with Crippen LogP contribution in [-0.4, -0.2) is 36.9 Å². The Kier molecular flexibility index (Phi) is 2.37. The molecule has 0 aromatic carbocycles. The summed E-state index contributed by atoms with van der Waals surface area (Å²) in [5, 5.41) is 13.6. The molecule has 2 atom stereocenters. The number of hydrogen-bond acceptors (Lipinski definition) is 5. The van der Waals surface area contributed by atoms with Crippen molar-refractivity contribution in [3.05, 3.63) is 35.5 Å². The third kappa shape index (κ3) is 1.56. The predicted molar refractivity (Wildman–Crippen MR) is 66.7 cm³/mol. The first-order valence-corrected chi connectivity index (χ1v) is 6.51. The third-order valence-electron chi connectivity index (χ3n) is 3.84. The van der Waals surface area contributed by atoms with E-state index in [1.807, 2.05) is 0 Å². The van der Waals surface area contributed by atoms with E-state index in [2.05, 4.69) is 15.1 Å². The summed E-state index contributed by atoms with van der Waals surface area (Å²) < 4.78 is 7.44. The van der Waals surface area contributed by atoms with E-state index < -0.39 is 5.97 Å². The summed E-state index contributed by atoms with van der Waals surface area (Å²) in [5.74, 6) is -0.490. The first-order chi connectivity index (χ1) is 9.74. The summed E-state index contributed by atoms with van der Waals surface area (Å²) in [5.41, 5.74) is 1.70. The number of hydrogen-bond donors (Lipinski definition) is 1. The van der Waals surface area contributed by atoms with Crippen LogP contribution in [0.1, 0.15) is 40.7 Å². The van der Waals surface area contributed by atoms with Gasteiger partial charge in [0.2, 0.25) is 0 Å². The van der Waals surface area contributed by atoms with Gasteiger partial charge in [-0.15, -0.1) is 0 Å². The first-order valence-electron chi connectivity index (χ1n) is 6.51. The SMILES string of the molecule is O=C(O)c1nn(-c2cnccn2)c2c1CC1CCC2O1. The van der Waals surface area contributed by atoms with Crippen molar-refractivity contribution in [2.45, 2.75) is 31.5 Å². The molecule has 1 saturated heterocycles. The van der Waals surface area contributed by atoms with Gasteiger partial charge in [0, 0.05) is 24.4 Å². The minimum Gasteiger partial charge on any atom is -0.476 e. The Morgan fingerprint density at radius 1 is 1.40 bits per heavy atom. The molecule has 0 aliphatic carbocycles. The van der Waals surface area contributed by atoms with Crippen LogP contribution < -0.4 is 0 Å². The molecule has 2 unspecified atom stereocenters. The van der Waals surface area contributed by atoms with Gasteiger partial charge in [-0.3, -0.25) is 4.98 Å². The molecule has 2 bridgehead atoms. The number of aromatic carboxylic acids is 1. The predicted octanol–water partition coefficient (Wildman–Crippen LogP) is 1.14. The molecular weight excluding hydrogens is 260 g/mol. The topological polar surface area (TPSA) is 90.1 Å². The maximum absolute atomic E-state index is 11.4. The Balaban J connectivity index is 1.94. The maximum Gasteiger partial charge on any atom is 0.356 e. The summed E-state index contributed by atoms with van der Waals surface area (Å²) in [6.07, 6.45) is 7.18. The molecule has 2 aromatic heterocycles. The normalized spacial score (nSPS) is 23.6. The number of fused-ring (bicyclic) bond motifs is 4. The van der Waals surface area contributed by atoms with Gasteiger partial charge in [-0.1, -0.05) is 0 Å². The zero-order valence-electron chi connectivity index (χ0n) is 10.6. The quantitative estimate of drug-likeness (QED) is 0.881. The second kappa shape index (κ2) is 4.11. The molecule has 0 amide bonds. The summed E-state index contributed by atoms with van der Waals surface area (Å²) in [4.78, 5) is 19.6. The molecule has 102 valence electrons. The zero-order chi connectivity index (χ0) is 13.7. The van der Waals surface area contributed by atoms with E-state index in [1.165, 1.54) is 0 Å². The molecule has 0 spiro atoms. The monoisotopic (exact) mass is 272 g/mol. The fourth-order valence-corrected chi connectivity index (χ4v) is 3.03. The molecule has 2 aromatic rings. The third-order valence-corrected chi connectivity index (χ3v) is 3.84. The molecule has 2 aliphatic rings. The van der Waals surface area contributed by atoms with Crippen LogP contribution in [0.2, 0.25) is 0 Å². The number of carboxylic acids is 1. The zero-order valence-corrected chi connectivity index (χ0v) is 10.6. The van der Waals surface area contributed by atoms with Gasteiger partial charge in [-0.2, -0.15) is 5.10 Å². The van der Waals surface area contributed by atoms with Gasteiger partial charge in [-0.05, 0) is 12.8 Å². The van der Waals surface area contributed by atoms with Gasteiger partial charge in [0.05, 0.1) is 18.0 Å². The van der Waals surface area contributed by atoms with Crippen LogP contribution in [0.3, 0.4) is 0 Å². The molecule has 7 heteroatoms. The molecule has 1 N–H and O–H groups in total. The molecule has 0 radical (unpaired) electrons. The lowest BCUT2D eigenvalue weighted by molar-refractivity contribution is 0.0283. The van der Waals surface area contributed by atoms with E-state index in [0.717, 1.165) is 24.1 Å². The second-order valence-corrected chi connectivity index (χ2v) is 5.02. The number of rotatable bonds is 2. The van der Waals surface area contributed by atoms with Gasteiger partial charge >= 0.3 is 5.97 Å². The highest BCUT2D eigenvalue weighted by Crippen LogP contribution is 2.42. The van der Waals surface area contributed by atoms with Crippen LogP contribution in [0.25, 0.3) is 5.82 Å². The van der Waals surface area contributed by atoms with Crippen LogP contribution in [0, 0.1) is 0 Å². The van der Waals surface area contributed by atoms with Crippen LogP contribution in [-0.2, 0) is 11.2 Å². The van der Waals surface area contributed by atoms with Crippen molar-refractivity contribution >= 4 is 5.97 Å². The van der Waals surface area contributed by atoms with Gasteiger partial charge in [0.1, 0.15) is 6.10 Å². The summed E-state index contributed by atoms with van der Waals surface area (Å²) >= 11 is 0. The average molecular weight is 272 g/mol. The standard InChI is InChI=1S/C13H12N4O3/c18-13(19)11-8-5-7-1-2-9(20-7)12(8)17(16-11)10-6-14-3-4-15-10/h3-4,6-7,9H,1-2,5H2,(H,18,19). The number of carboxylic acid groups (broad SMARTS) is 1. The van der Waals surface area contributed by atoms with Crippen molar-refractivity contribution in [3.8, 4) is 5.82 Å². The van der Waals surface area contributed by atoms with Gasteiger partial charge < -0.3 is 9.84 Å². The Hall–Kier alpha value is -2.28. The van der Waals surface area contributed by atoms with Crippen molar-refractivity contribution < 1.29 is 14.6 Å². The number of aromatic nitrogens is 4. The van der Waals surface area contributed by atoms with Gasteiger partial charge in [0.15, 0.2) is 11.5 Å². The van der Waals surface area contributed by atoms with Crippen molar-refractivity contribution in [1.29, 1.82) is 0 Å². The van der Waals surface area contributed by atoms with Crippen LogP contribution in [0.4, 0.5) is 0 Å². The van der Waals surface area contributed by atoms with E-state index in [1.54, 1.807) is 23.3 Å². The fraction of sp³-hybridized carbons (Fsp3) is 0.385. The van der Waals surface area contributed by atoms with Crippen LogP contribution in [0.5, 0.6) is 0 Å². The lowest BCUT2D eigenvalue weighted by atomic mass is 10.0. The summed E-state index contributed by atoms with van der Waals surface area (Å²) in [7, 11) is 0. The maximum atomic E-state index is 11.4. The highest BCUT2D eigenvalue weighted by molar-refractivity contribution is 5.87. The van der Waals surface area contributed by atoms with Crippen molar-refractivity contribution in [2.75, 3.05) is 0 Å². The number of carbonyl (C=O) groups is 1. The molecule has 2 aliphatic heterocycles. The molecule has 4 heterocycles. The fourth-order valence-electron chi connectivity index (χ4n) is 3.03. The van der Waals surface area contributed by atoms with Crippen LogP contribution >= 0.6 is 0 Å². The summed E-state index contributed by atoms with van der Waals surface area (Å²) in [6, 6.07) is 0. The molecule has 7 nitrogen and oxygen atoms in total.